The van der Waals surface area contributed by atoms with Gasteiger partial charge < -0.3 is 5.73 Å². The highest BCUT2D eigenvalue weighted by atomic mass is 35.5. The summed E-state index contributed by atoms with van der Waals surface area (Å²) >= 11 is 5.67. The summed E-state index contributed by atoms with van der Waals surface area (Å²) in [6.45, 7) is 10.1. The van der Waals surface area contributed by atoms with Gasteiger partial charge in [0.2, 0.25) is 0 Å². The Hall–Kier alpha value is -2.84. The van der Waals surface area contributed by atoms with Crippen molar-refractivity contribution >= 4 is 17.4 Å². The van der Waals surface area contributed by atoms with E-state index in [4.69, 9.17) is 22.3 Å². The summed E-state index contributed by atoms with van der Waals surface area (Å²) in [6.07, 6.45) is 1.08. The fourth-order valence-corrected chi connectivity index (χ4v) is 3.35. The van der Waals surface area contributed by atoms with Crippen molar-refractivity contribution in [3.8, 4) is 0 Å². The molecule has 3 aromatic rings. The molecule has 2 N–H and O–H groups in total. The van der Waals surface area contributed by atoms with E-state index in [1.807, 2.05) is 74.5 Å². The first-order valence-electron chi connectivity index (χ1n) is 9.73. The van der Waals surface area contributed by atoms with E-state index in [1.165, 1.54) is 5.56 Å². The highest BCUT2D eigenvalue weighted by Crippen LogP contribution is 2.39. The van der Waals surface area contributed by atoms with Gasteiger partial charge in [-0.05, 0) is 54.7 Å². The number of aryl methyl sites for hydroxylation is 1. The number of nitrogens with two attached hydrogens (primary N) is 1. The molecule has 0 aliphatic heterocycles. The second-order valence-corrected chi connectivity index (χ2v) is 7.39. The van der Waals surface area contributed by atoms with E-state index in [1.54, 1.807) is 0 Å². The van der Waals surface area contributed by atoms with E-state index >= 15 is 0 Å². The molecule has 0 fully saturated rings. The van der Waals surface area contributed by atoms with Gasteiger partial charge in [-0.2, -0.15) is 0 Å². The second kappa shape index (κ2) is 10.6. The van der Waals surface area contributed by atoms with Crippen LogP contribution in [-0.2, 0) is 12.0 Å². The normalized spacial score (nSPS) is 11.4. The van der Waals surface area contributed by atoms with Gasteiger partial charge in [-0.15, -0.1) is 0 Å². The van der Waals surface area contributed by atoms with Gasteiger partial charge in [-0.1, -0.05) is 97.9 Å². The number of benzene rings is 3. The average molecular weight is 405 g/mol. The summed E-state index contributed by atoms with van der Waals surface area (Å²) < 4.78 is 0. The van der Waals surface area contributed by atoms with Crippen molar-refractivity contribution in [3.05, 3.63) is 119 Å². The lowest BCUT2D eigenvalue weighted by molar-refractivity contribution is 0.640. The highest BCUT2D eigenvalue weighted by molar-refractivity contribution is 6.30. The van der Waals surface area contributed by atoms with Crippen LogP contribution in [0, 0.1) is 0 Å². The quantitative estimate of drug-likeness (QED) is 0.284. The SMILES string of the molecule is C=C(C)C(N=C(C)N)(c1ccccc1)c1ccccc1.CCc1ccc(Cl)cc1. The summed E-state index contributed by atoms with van der Waals surface area (Å²) in [7, 11) is 0. The van der Waals surface area contributed by atoms with Crippen molar-refractivity contribution in [1.82, 2.24) is 0 Å². The van der Waals surface area contributed by atoms with Gasteiger partial charge in [-0.3, -0.25) is 4.99 Å². The number of hydrogen-bond donors (Lipinski definition) is 1. The zero-order valence-corrected chi connectivity index (χ0v) is 18.2. The largest absolute Gasteiger partial charge is 0.388 e. The highest BCUT2D eigenvalue weighted by Gasteiger charge is 2.34. The van der Waals surface area contributed by atoms with Gasteiger partial charge in [0.1, 0.15) is 5.54 Å². The fourth-order valence-electron chi connectivity index (χ4n) is 3.23. The molecule has 3 rings (SSSR count). The first-order valence-corrected chi connectivity index (χ1v) is 10.1. The molecule has 0 saturated carbocycles. The molecule has 0 bridgehead atoms. The zero-order chi connectivity index (χ0) is 21.3. The summed E-state index contributed by atoms with van der Waals surface area (Å²) in [5.41, 5.74) is 9.70. The van der Waals surface area contributed by atoms with Crippen molar-refractivity contribution in [1.29, 1.82) is 0 Å². The molecule has 0 aromatic heterocycles. The van der Waals surface area contributed by atoms with Crippen molar-refractivity contribution in [3.63, 3.8) is 0 Å². The predicted octanol–water partition coefficient (Wildman–Crippen LogP) is 6.79. The van der Waals surface area contributed by atoms with Crippen LogP contribution in [0.25, 0.3) is 0 Å². The molecule has 2 nitrogen and oxygen atoms in total. The molecule has 0 heterocycles. The molecule has 3 heteroatoms. The summed E-state index contributed by atoms with van der Waals surface area (Å²) in [4.78, 5) is 4.74. The van der Waals surface area contributed by atoms with Crippen LogP contribution in [0.5, 0.6) is 0 Å². The van der Waals surface area contributed by atoms with Crippen molar-refractivity contribution in [2.75, 3.05) is 0 Å². The molecule has 0 aliphatic rings. The number of amidine groups is 1. The first-order chi connectivity index (χ1) is 13.9. The molecule has 3 aromatic carbocycles. The number of aliphatic imine (C=N–C) groups is 1. The van der Waals surface area contributed by atoms with Crippen LogP contribution in [0.15, 0.2) is 102 Å². The minimum absolute atomic E-state index is 0.542. The van der Waals surface area contributed by atoms with Crippen LogP contribution in [0.1, 0.15) is 37.5 Å². The number of hydrogen-bond acceptors (Lipinski definition) is 1. The van der Waals surface area contributed by atoms with Gasteiger partial charge in [0.25, 0.3) is 0 Å². The molecule has 0 radical (unpaired) electrons. The first kappa shape index (κ1) is 22.4. The Morgan fingerprint density at radius 1 is 0.862 bits per heavy atom. The smallest absolute Gasteiger partial charge is 0.133 e. The number of nitrogens with zero attached hydrogens (tertiary/aromatic N) is 1. The molecule has 0 aliphatic carbocycles. The van der Waals surface area contributed by atoms with Gasteiger partial charge in [0, 0.05) is 5.02 Å². The van der Waals surface area contributed by atoms with E-state index in [9.17, 15) is 0 Å². The predicted molar refractivity (Wildman–Crippen MR) is 127 cm³/mol. The van der Waals surface area contributed by atoms with Gasteiger partial charge >= 0.3 is 0 Å². The number of halogens is 1. The average Bonchev–Trinajstić information content (AvgIpc) is 2.74. The van der Waals surface area contributed by atoms with Crippen LogP contribution >= 0.6 is 11.6 Å². The summed E-state index contributed by atoms with van der Waals surface area (Å²) in [6, 6.07) is 28.2. The molecule has 150 valence electrons. The van der Waals surface area contributed by atoms with Crippen LogP contribution in [-0.4, -0.2) is 5.84 Å². The number of rotatable bonds is 5. The van der Waals surface area contributed by atoms with Gasteiger partial charge in [0.05, 0.1) is 5.84 Å². The van der Waals surface area contributed by atoms with E-state index < -0.39 is 5.54 Å². The standard InChI is InChI=1S/C18H20N2.C8H9Cl/c1-14(2)18(20-15(3)19,16-10-6-4-7-11-16)17-12-8-5-9-13-17;1-2-7-3-5-8(9)6-4-7/h4-13H,1H2,2-3H3,(H2,19,20);3-6H,2H2,1H3. The third kappa shape index (κ3) is 5.82. The maximum Gasteiger partial charge on any atom is 0.133 e. The summed E-state index contributed by atoms with van der Waals surface area (Å²) in [5, 5.41) is 0.812. The topological polar surface area (TPSA) is 38.4 Å². The molecule has 0 unspecified atom stereocenters. The Morgan fingerprint density at radius 2 is 1.31 bits per heavy atom. The Labute approximate surface area is 179 Å². The Bertz CT molecular complexity index is 886. The monoisotopic (exact) mass is 404 g/mol. The van der Waals surface area contributed by atoms with Gasteiger partial charge in [0.15, 0.2) is 0 Å². The van der Waals surface area contributed by atoms with Crippen LogP contribution in [0.4, 0.5) is 0 Å². The maximum absolute atomic E-state index is 5.90. The van der Waals surface area contributed by atoms with Crippen LogP contribution < -0.4 is 5.73 Å². The van der Waals surface area contributed by atoms with E-state index in [-0.39, 0.29) is 0 Å². The van der Waals surface area contributed by atoms with E-state index in [0.717, 1.165) is 28.1 Å². The molecule has 29 heavy (non-hydrogen) atoms. The molecular formula is C26H29ClN2. The Balaban J connectivity index is 0.000000278. The van der Waals surface area contributed by atoms with Crippen LogP contribution in [0.2, 0.25) is 5.02 Å². The minimum atomic E-state index is -0.624. The van der Waals surface area contributed by atoms with E-state index in [0.29, 0.717) is 5.84 Å². The zero-order valence-electron chi connectivity index (χ0n) is 17.4. The lowest BCUT2D eigenvalue weighted by atomic mass is 9.78. The van der Waals surface area contributed by atoms with Crippen molar-refractivity contribution in [2.45, 2.75) is 32.7 Å². The third-order valence-electron chi connectivity index (χ3n) is 4.67. The summed E-state index contributed by atoms with van der Waals surface area (Å²) in [5.74, 6) is 0.542. The second-order valence-electron chi connectivity index (χ2n) is 6.96. The molecule has 0 amide bonds. The van der Waals surface area contributed by atoms with Crippen molar-refractivity contribution < 1.29 is 0 Å². The Kier molecular flexibility index (Phi) is 8.23. The maximum atomic E-state index is 5.90. The molecule has 0 atom stereocenters. The fraction of sp³-hybridized carbons (Fsp3) is 0.192. The van der Waals surface area contributed by atoms with Gasteiger partial charge in [-0.25, -0.2) is 0 Å². The Morgan fingerprint density at radius 3 is 1.66 bits per heavy atom. The minimum Gasteiger partial charge on any atom is -0.388 e. The van der Waals surface area contributed by atoms with Crippen molar-refractivity contribution in [2.24, 2.45) is 10.7 Å². The molecule has 0 saturated heterocycles. The van der Waals surface area contributed by atoms with E-state index in [2.05, 4.69) is 37.8 Å². The molecular weight excluding hydrogens is 376 g/mol. The lowest BCUT2D eigenvalue weighted by Crippen LogP contribution is -2.29. The van der Waals surface area contributed by atoms with Crippen LogP contribution in [0.3, 0.4) is 0 Å². The third-order valence-corrected chi connectivity index (χ3v) is 4.92. The lowest BCUT2D eigenvalue weighted by Gasteiger charge is -2.32. The molecule has 0 spiro atoms.